The van der Waals surface area contributed by atoms with Gasteiger partial charge in [0.2, 0.25) is 0 Å². The normalized spacial score (nSPS) is 8.43. The number of hydrogen-bond donors (Lipinski definition) is 0. The van der Waals surface area contributed by atoms with Crippen LogP contribution in [0.1, 0.15) is 0 Å². The summed E-state index contributed by atoms with van der Waals surface area (Å²) in [5.41, 5.74) is 0. The fourth-order valence-electron chi connectivity index (χ4n) is 0. The molecule has 0 aromatic carbocycles. The Hall–Kier alpha value is 1.74. The average Bonchev–Trinajstić information content (AvgIpc) is 1.12. The molecule has 0 spiro atoms. The van der Waals surface area contributed by atoms with Crippen LogP contribution in [0.5, 0.6) is 0 Å². The van der Waals surface area contributed by atoms with E-state index in [1.165, 1.54) is 0 Å². The van der Waals surface area contributed by atoms with Gasteiger partial charge in [0.15, 0.2) is 0 Å². The molecular weight excluding hydrogens is 397 g/mol. The van der Waals surface area contributed by atoms with E-state index in [-0.39, 0.29) is 56.7 Å². The maximum absolute atomic E-state index is 8.55. The van der Waals surface area contributed by atoms with Gasteiger partial charge in [-0.3, -0.25) is 0 Å². The molecule has 2 N–H and O–H groups in total. The minimum absolute atomic E-state index is 0. The van der Waals surface area contributed by atoms with Crippen molar-refractivity contribution in [3.63, 3.8) is 0 Å². The minimum atomic E-state index is -5.39. The quantitative estimate of drug-likeness (QED) is 0.282. The van der Waals surface area contributed by atoms with Crippen molar-refractivity contribution in [2.75, 3.05) is 0 Å². The van der Waals surface area contributed by atoms with Crippen molar-refractivity contribution in [2.45, 2.75) is 0 Å². The van der Waals surface area contributed by atoms with Crippen LogP contribution in [0.4, 0.5) is 0 Å². The van der Waals surface area contributed by atoms with Crippen molar-refractivity contribution in [2.24, 2.45) is 0 Å². The van der Waals surface area contributed by atoms with Crippen LogP contribution in [0.15, 0.2) is 0 Å². The van der Waals surface area contributed by atoms with E-state index in [2.05, 4.69) is 0 Å². The van der Waals surface area contributed by atoms with Crippen LogP contribution in [0, 0.1) is 0 Å². The predicted molar refractivity (Wildman–Crippen MR) is 18.8 cm³/mol. The summed E-state index contributed by atoms with van der Waals surface area (Å²) in [5, 5.41) is 0. The van der Waals surface area contributed by atoms with E-state index >= 15 is 0 Å². The average molecular weight is 399 g/mol. The summed E-state index contributed by atoms with van der Waals surface area (Å²) in [7, 11) is -10.8. The third kappa shape index (κ3) is 738. The van der Waals surface area contributed by atoms with Gasteiger partial charge in [-0.05, 0) is 0 Å². The van der Waals surface area contributed by atoms with Crippen molar-refractivity contribution < 1.29 is 95.2 Å². The summed E-state index contributed by atoms with van der Waals surface area (Å²) in [4.78, 5) is 51.3. The van der Waals surface area contributed by atoms with E-state index in [4.69, 9.17) is 38.5 Å². The summed E-state index contributed by atoms with van der Waals surface area (Å²) in [6.45, 7) is 0. The van der Waals surface area contributed by atoms with Crippen molar-refractivity contribution in [1.82, 2.24) is 0 Å². The first-order valence-electron chi connectivity index (χ1n) is 1.46. The first-order chi connectivity index (χ1) is 4.00. The van der Waals surface area contributed by atoms with Gasteiger partial charge in [-0.25, -0.2) is 0 Å². The van der Waals surface area contributed by atoms with Gasteiger partial charge in [-0.1, -0.05) is 0 Å². The van der Waals surface area contributed by atoms with E-state index in [0.717, 1.165) is 0 Å². The second-order valence-corrected chi connectivity index (χ2v) is 2.68. The maximum Gasteiger partial charge on any atom is 2.00 e. The first kappa shape index (κ1) is 36.0. The molecule has 0 aliphatic carbocycles. The van der Waals surface area contributed by atoms with Gasteiger partial charge in [-0.15, -0.1) is 0 Å². The molecular formula is H2Cu3O9P2. The van der Waals surface area contributed by atoms with E-state index < -0.39 is 15.6 Å². The molecule has 0 aromatic rings. The molecule has 0 atom stereocenters. The molecule has 0 fully saturated rings. The molecule has 0 rings (SSSR count). The Labute approximate surface area is 111 Å². The second-order valence-electron chi connectivity index (χ2n) is 0.894. The third-order valence-electron chi connectivity index (χ3n) is 0. The zero-order chi connectivity index (χ0) is 9.00. The van der Waals surface area contributed by atoms with Gasteiger partial charge < -0.3 is 44.0 Å². The van der Waals surface area contributed by atoms with Gasteiger partial charge in [0.25, 0.3) is 0 Å². The molecule has 0 aromatic heterocycles. The first-order valence-corrected chi connectivity index (χ1v) is 4.38. The molecule has 0 aliphatic heterocycles. The van der Waals surface area contributed by atoms with E-state index in [1.54, 1.807) is 0 Å². The summed E-state index contributed by atoms with van der Waals surface area (Å²) >= 11 is 0. The molecule has 0 saturated carbocycles. The summed E-state index contributed by atoms with van der Waals surface area (Å²) in [5.74, 6) is 0. The largest absolute Gasteiger partial charge is 2.00 e. The Morgan fingerprint density at radius 3 is 0.571 bits per heavy atom. The van der Waals surface area contributed by atoms with E-state index in [0.29, 0.717) is 0 Å². The summed E-state index contributed by atoms with van der Waals surface area (Å²) in [6.07, 6.45) is 0. The van der Waals surface area contributed by atoms with Gasteiger partial charge >= 0.3 is 51.2 Å². The van der Waals surface area contributed by atoms with E-state index in [9.17, 15) is 0 Å². The van der Waals surface area contributed by atoms with Crippen LogP contribution < -0.4 is 29.4 Å². The van der Waals surface area contributed by atoms with Crippen molar-refractivity contribution in [3.8, 4) is 0 Å². The summed E-state index contributed by atoms with van der Waals surface area (Å²) in [6, 6.07) is 0. The molecule has 0 amide bonds. The van der Waals surface area contributed by atoms with Crippen molar-refractivity contribution in [3.05, 3.63) is 0 Å². The van der Waals surface area contributed by atoms with Gasteiger partial charge in [0, 0.05) is 0 Å². The minimum Gasteiger partial charge on any atom is -0.822 e. The van der Waals surface area contributed by atoms with Gasteiger partial charge in [0.05, 0.1) is 0 Å². The Kier molecular flexibility index (Phi) is 37.9. The smallest absolute Gasteiger partial charge is 0.822 e. The van der Waals surface area contributed by atoms with Crippen LogP contribution in [-0.2, 0) is 60.3 Å². The van der Waals surface area contributed by atoms with E-state index in [1.807, 2.05) is 0 Å². The molecule has 99 valence electrons. The van der Waals surface area contributed by atoms with Gasteiger partial charge in [0.1, 0.15) is 0 Å². The van der Waals surface area contributed by atoms with Crippen LogP contribution in [0.3, 0.4) is 0 Å². The molecule has 0 heterocycles. The third-order valence-corrected chi connectivity index (χ3v) is 0. The zero-order valence-corrected chi connectivity index (χ0v) is 10.2. The molecule has 0 unspecified atom stereocenters. The Morgan fingerprint density at radius 1 is 0.571 bits per heavy atom. The second kappa shape index (κ2) is 14.7. The molecule has 0 bridgehead atoms. The van der Waals surface area contributed by atoms with Crippen LogP contribution in [0.25, 0.3) is 0 Å². The van der Waals surface area contributed by atoms with Crippen LogP contribution in [0.2, 0.25) is 0 Å². The Bertz CT molecular complexity index is 130. The molecule has 3 radical (unpaired) electrons. The number of hydrogen-bond acceptors (Lipinski definition) is 8. The molecule has 14 heteroatoms. The molecule has 0 saturated heterocycles. The topological polar surface area (TPSA) is 204 Å². The standard InChI is InChI=1S/3Cu.2H3O4P.H2O/c;;;2*1-5(2,3)4;/h;;;2*(H3,1,2,3,4);1H2/q3*+2;;;/p-6. The van der Waals surface area contributed by atoms with Crippen molar-refractivity contribution >= 4 is 15.6 Å². The van der Waals surface area contributed by atoms with Crippen LogP contribution >= 0.6 is 15.6 Å². The molecule has 9 nitrogen and oxygen atoms in total. The van der Waals surface area contributed by atoms with Gasteiger partial charge in [-0.2, -0.15) is 15.6 Å². The SMILES string of the molecule is O.O=P([O-])([O-])[O-].O=P([O-])([O-])[O-].[Cu+2].[Cu+2].[Cu+2]. The fraction of sp³-hybridized carbons (Fsp3) is 0. The molecule has 14 heavy (non-hydrogen) atoms. The number of rotatable bonds is 0. The Morgan fingerprint density at radius 2 is 0.571 bits per heavy atom. The zero-order valence-electron chi connectivity index (χ0n) is 5.56. The molecule has 0 aliphatic rings. The monoisotopic (exact) mass is 397 g/mol. The maximum atomic E-state index is 8.55. The number of phosphoric acid groups is 2. The predicted octanol–water partition coefficient (Wildman–Crippen LogP) is -6.48. The fourth-order valence-corrected chi connectivity index (χ4v) is 0. The van der Waals surface area contributed by atoms with Crippen LogP contribution in [-0.4, -0.2) is 5.48 Å². The summed E-state index contributed by atoms with van der Waals surface area (Å²) < 4.78 is 17.1. The Balaban J connectivity index is -0.0000000178. The van der Waals surface area contributed by atoms with Crippen molar-refractivity contribution in [1.29, 1.82) is 0 Å².